The number of nitrogens with zero attached hydrogens (tertiary/aromatic N) is 1. The molecule has 0 saturated heterocycles. The van der Waals surface area contributed by atoms with Gasteiger partial charge in [-0.2, -0.15) is 0 Å². The van der Waals surface area contributed by atoms with Gasteiger partial charge in [-0.05, 0) is 31.5 Å². The zero-order valence-electron chi connectivity index (χ0n) is 13.2. The highest BCUT2D eigenvalue weighted by molar-refractivity contribution is 5.48. The van der Waals surface area contributed by atoms with E-state index in [0.717, 1.165) is 13.1 Å². The van der Waals surface area contributed by atoms with Gasteiger partial charge < -0.3 is 10.0 Å². The van der Waals surface area contributed by atoms with Gasteiger partial charge in [0, 0.05) is 24.2 Å². The molecule has 0 amide bonds. The van der Waals surface area contributed by atoms with Gasteiger partial charge in [0.1, 0.15) is 0 Å². The molecular formula is C19H25NO. The summed E-state index contributed by atoms with van der Waals surface area (Å²) in [7, 11) is 0. The molecule has 0 aliphatic rings. The van der Waals surface area contributed by atoms with Crippen LogP contribution < -0.4 is 4.90 Å². The molecule has 0 aromatic heterocycles. The highest BCUT2D eigenvalue weighted by atomic mass is 16.3. The summed E-state index contributed by atoms with van der Waals surface area (Å²) in [5.74, 6) is 0. The van der Waals surface area contributed by atoms with Crippen LogP contribution in [0.15, 0.2) is 54.6 Å². The lowest BCUT2D eigenvalue weighted by molar-refractivity contribution is 0.208. The van der Waals surface area contributed by atoms with E-state index in [1.54, 1.807) is 0 Å². The first-order valence-corrected chi connectivity index (χ1v) is 7.57. The minimum atomic E-state index is -0.262. The summed E-state index contributed by atoms with van der Waals surface area (Å²) in [5.41, 5.74) is 3.39. The van der Waals surface area contributed by atoms with E-state index in [2.05, 4.69) is 62.1 Å². The fraction of sp³-hybridized carbons (Fsp3) is 0.368. The van der Waals surface area contributed by atoms with E-state index in [1.807, 2.05) is 18.2 Å². The molecular weight excluding hydrogens is 258 g/mol. The van der Waals surface area contributed by atoms with Gasteiger partial charge in [0.15, 0.2) is 0 Å². The molecule has 1 atom stereocenters. The molecule has 0 saturated carbocycles. The minimum Gasteiger partial charge on any atom is -0.395 e. The van der Waals surface area contributed by atoms with Crippen LogP contribution in [0, 0.1) is 6.92 Å². The minimum absolute atomic E-state index is 0.138. The van der Waals surface area contributed by atoms with Crippen molar-refractivity contribution >= 4 is 5.69 Å². The van der Waals surface area contributed by atoms with Crippen molar-refractivity contribution in [3.05, 3.63) is 65.7 Å². The summed E-state index contributed by atoms with van der Waals surface area (Å²) in [6.07, 6.45) is 0. The van der Waals surface area contributed by atoms with Crippen molar-refractivity contribution in [2.45, 2.75) is 26.2 Å². The molecule has 0 bridgehead atoms. The summed E-state index contributed by atoms with van der Waals surface area (Å²) in [5, 5.41) is 9.95. The first-order valence-electron chi connectivity index (χ1n) is 7.57. The topological polar surface area (TPSA) is 23.5 Å². The van der Waals surface area contributed by atoms with Gasteiger partial charge in [0.2, 0.25) is 0 Å². The van der Waals surface area contributed by atoms with E-state index < -0.39 is 0 Å². The number of hydrogen-bond acceptors (Lipinski definition) is 2. The van der Waals surface area contributed by atoms with Crippen LogP contribution in [0.25, 0.3) is 0 Å². The molecule has 1 unspecified atom stereocenters. The number of benzene rings is 2. The largest absolute Gasteiger partial charge is 0.395 e. The summed E-state index contributed by atoms with van der Waals surface area (Å²) in [6, 6.07) is 18.9. The average Bonchev–Trinajstić information content (AvgIpc) is 2.54. The number of anilines is 1. The molecule has 0 aliphatic carbocycles. The van der Waals surface area contributed by atoms with E-state index in [-0.39, 0.29) is 12.0 Å². The quantitative estimate of drug-likeness (QED) is 0.872. The van der Waals surface area contributed by atoms with Crippen LogP contribution in [0.4, 0.5) is 5.69 Å². The number of aryl methyl sites for hydroxylation is 1. The molecule has 0 spiro atoms. The first-order chi connectivity index (χ1) is 10.1. The molecule has 2 rings (SSSR count). The molecule has 0 radical (unpaired) electrons. The lowest BCUT2D eigenvalue weighted by Crippen LogP contribution is -2.41. The molecule has 112 valence electrons. The Balaban J connectivity index is 2.25. The van der Waals surface area contributed by atoms with E-state index in [1.165, 1.54) is 16.8 Å². The smallest absolute Gasteiger partial charge is 0.0542 e. The Kier molecular flexibility index (Phi) is 5.03. The fourth-order valence-corrected chi connectivity index (χ4v) is 2.64. The van der Waals surface area contributed by atoms with Crippen LogP contribution in [-0.4, -0.2) is 24.8 Å². The van der Waals surface area contributed by atoms with Gasteiger partial charge in [-0.1, -0.05) is 55.0 Å². The Labute approximate surface area is 128 Å². The predicted octanol–water partition coefficient (Wildman–Crippen LogP) is 3.77. The number of aliphatic hydroxyl groups is 1. The van der Waals surface area contributed by atoms with Gasteiger partial charge >= 0.3 is 0 Å². The standard InChI is InChI=1S/C19H25NO/c1-4-20(18-12-10-16(2)11-13-18)14-19(3,15-21)17-8-6-5-7-9-17/h5-13,21H,4,14-15H2,1-3H3. The number of rotatable bonds is 6. The van der Waals surface area contributed by atoms with E-state index in [0.29, 0.717) is 0 Å². The van der Waals surface area contributed by atoms with E-state index in [4.69, 9.17) is 0 Å². The highest BCUT2D eigenvalue weighted by Gasteiger charge is 2.28. The zero-order valence-corrected chi connectivity index (χ0v) is 13.2. The SMILES string of the molecule is CCN(CC(C)(CO)c1ccccc1)c1ccc(C)cc1. The normalized spacial score (nSPS) is 13.7. The van der Waals surface area contributed by atoms with Crippen molar-refractivity contribution in [2.75, 3.05) is 24.6 Å². The Morgan fingerprint density at radius 1 is 1.00 bits per heavy atom. The molecule has 0 fully saturated rings. The second-order valence-corrected chi connectivity index (χ2v) is 5.93. The van der Waals surface area contributed by atoms with Crippen molar-refractivity contribution in [2.24, 2.45) is 0 Å². The first kappa shape index (κ1) is 15.6. The lowest BCUT2D eigenvalue weighted by Gasteiger charge is -2.35. The highest BCUT2D eigenvalue weighted by Crippen LogP contribution is 2.27. The summed E-state index contributed by atoms with van der Waals surface area (Å²) >= 11 is 0. The monoisotopic (exact) mass is 283 g/mol. The van der Waals surface area contributed by atoms with Crippen LogP contribution in [0.2, 0.25) is 0 Å². The summed E-state index contributed by atoms with van der Waals surface area (Å²) in [4.78, 5) is 2.32. The lowest BCUT2D eigenvalue weighted by atomic mass is 9.82. The second-order valence-electron chi connectivity index (χ2n) is 5.93. The summed E-state index contributed by atoms with van der Waals surface area (Å²) in [6.45, 7) is 8.24. The molecule has 2 heteroatoms. The molecule has 2 aromatic carbocycles. The third kappa shape index (κ3) is 3.64. The Hall–Kier alpha value is -1.80. The molecule has 0 heterocycles. The number of likely N-dealkylation sites (N-methyl/N-ethyl adjacent to an activating group) is 1. The number of hydrogen-bond donors (Lipinski definition) is 1. The van der Waals surface area contributed by atoms with Gasteiger partial charge in [-0.3, -0.25) is 0 Å². The third-order valence-electron chi connectivity index (χ3n) is 4.14. The molecule has 2 nitrogen and oxygen atoms in total. The predicted molar refractivity (Wildman–Crippen MR) is 89.9 cm³/mol. The second kappa shape index (κ2) is 6.77. The van der Waals surface area contributed by atoms with Gasteiger partial charge in [-0.15, -0.1) is 0 Å². The Morgan fingerprint density at radius 3 is 2.14 bits per heavy atom. The van der Waals surface area contributed by atoms with Crippen LogP contribution in [0.3, 0.4) is 0 Å². The van der Waals surface area contributed by atoms with Crippen molar-refractivity contribution in [3.8, 4) is 0 Å². The van der Waals surface area contributed by atoms with Crippen molar-refractivity contribution in [1.29, 1.82) is 0 Å². The fourth-order valence-electron chi connectivity index (χ4n) is 2.64. The molecule has 0 aliphatic heterocycles. The Morgan fingerprint density at radius 2 is 1.62 bits per heavy atom. The maximum atomic E-state index is 9.95. The molecule has 1 N–H and O–H groups in total. The van der Waals surface area contributed by atoms with Crippen LogP contribution >= 0.6 is 0 Å². The third-order valence-corrected chi connectivity index (χ3v) is 4.14. The van der Waals surface area contributed by atoms with Crippen LogP contribution in [0.5, 0.6) is 0 Å². The van der Waals surface area contributed by atoms with Crippen LogP contribution in [0.1, 0.15) is 25.0 Å². The molecule has 2 aromatic rings. The Bertz CT molecular complexity index is 550. The van der Waals surface area contributed by atoms with Gasteiger partial charge in [0.25, 0.3) is 0 Å². The van der Waals surface area contributed by atoms with Crippen LogP contribution in [-0.2, 0) is 5.41 Å². The van der Waals surface area contributed by atoms with E-state index >= 15 is 0 Å². The average molecular weight is 283 g/mol. The number of aliphatic hydroxyl groups excluding tert-OH is 1. The van der Waals surface area contributed by atoms with E-state index in [9.17, 15) is 5.11 Å². The van der Waals surface area contributed by atoms with Gasteiger partial charge in [-0.25, -0.2) is 0 Å². The maximum Gasteiger partial charge on any atom is 0.0542 e. The van der Waals surface area contributed by atoms with Crippen molar-refractivity contribution < 1.29 is 5.11 Å². The molecule has 21 heavy (non-hydrogen) atoms. The summed E-state index contributed by atoms with van der Waals surface area (Å²) < 4.78 is 0. The van der Waals surface area contributed by atoms with Crippen molar-refractivity contribution in [1.82, 2.24) is 0 Å². The van der Waals surface area contributed by atoms with Crippen molar-refractivity contribution in [3.63, 3.8) is 0 Å². The maximum absolute atomic E-state index is 9.95. The van der Waals surface area contributed by atoms with Gasteiger partial charge in [0.05, 0.1) is 6.61 Å². The zero-order chi connectivity index (χ0) is 15.3.